The largest absolute Gasteiger partial charge is 0.493 e. The number of esters is 1. The fraction of sp³-hybridized carbons (Fsp3) is 0.190. The summed E-state index contributed by atoms with van der Waals surface area (Å²) in [7, 11) is 1.43. The first kappa shape index (κ1) is 20.4. The van der Waals surface area contributed by atoms with E-state index in [0.717, 1.165) is 11.3 Å². The van der Waals surface area contributed by atoms with Crippen LogP contribution in [0.4, 0.5) is 5.69 Å². The van der Waals surface area contributed by atoms with Gasteiger partial charge in [-0.05, 0) is 43.7 Å². The molecule has 0 aliphatic rings. The van der Waals surface area contributed by atoms with Crippen LogP contribution in [0.15, 0.2) is 54.7 Å². The number of carbonyl (C=O) groups is 2. The van der Waals surface area contributed by atoms with Gasteiger partial charge in [-0.2, -0.15) is 5.10 Å². The second-order valence-corrected chi connectivity index (χ2v) is 6.76. The van der Waals surface area contributed by atoms with Crippen molar-refractivity contribution in [3.8, 4) is 11.4 Å². The van der Waals surface area contributed by atoms with Gasteiger partial charge in [0, 0.05) is 10.7 Å². The number of nitrogens with one attached hydrogen (secondary N) is 1. The molecule has 0 fully saturated rings. The molecule has 1 aromatic heterocycles. The number of benzene rings is 2. The van der Waals surface area contributed by atoms with Gasteiger partial charge in [0.05, 0.1) is 19.0 Å². The van der Waals surface area contributed by atoms with Crippen LogP contribution in [0.3, 0.4) is 0 Å². The zero-order chi connectivity index (χ0) is 21.0. The SMILES string of the molecule is COc1cn(-c2ccccc2)nc1C(=O)O[C@@H](C)C(=O)Nc1cc(Cl)ccc1C. The minimum absolute atomic E-state index is 0.0186. The number of methoxy groups -OCH3 is 1. The summed E-state index contributed by atoms with van der Waals surface area (Å²) in [6.07, 6.45) is 0.527. The van der Waals surface area contributed by atoms with Crippen LogP contribution in [0, 0.1) is 6.92 Å². The molecular weight excluding hydrogens is 394 g/mol. The standard InChI is InChI=1S/C21H20ClN3O4/c1-13-9-10-15(22)11-17(13)23-20(26)14(2)29-21(27)19-18(28-3)12-25(24-19)16-7-5-4-6-8-16/h4-12,14H,1-3H3,(H,23,26)/t14-/m0/s1. The van der Waals surface area contributed by atoms with Crippen molar-refractivity contribution >= 4 is 29.2 Å². The van der Waals surface area contributed by atoms with Crippen molar-refractivity contribution in [2.45, 2.75) is 20.0 Å². The number of halogens is 1. The van der Waals surface area contributed by atoms with Crippen molar-refractivity contribution in [1.29, 1.82) is 0 Å². The van der Waals surface area contributed by atoms with Crippen LogP contribution < -0.4 is 10.1 Å². The number of hydrogen-bond acceptors (Lipinski definition) is 5. The van der Waals surface area contributed by atoms with E-state index in [1.807, 2.05) is 37.3 Å². The van der Waals surface area contributed by atoms with Crippen LogP contribution in [0.2, 0.25) is 5.02 Å². The lowest BCUT2D eigenvalue weighted by Gasteiger charge is -2.14. The van der Waals surface area contributed by atoms with Gasteiger partial charge in [-0.1, -0.05) is 35.9 Å². The van der Waals surface area contributed by atoms with Crippen LogP contribution in [0.25, 0.3) is 5.69 Å². The smallest absolute Gasteiger partial charge is 0.363 e. The molecule has 0 unspecified atom stereocenters. The summed E-state index contributed by atoms with van der Waals surface area (Å²) >= 11 is 5.97. The molecule has 0 bridgehead atoms. The lowest BCUT2D eigenvalue weighted by atomic mass is 10.2. The van der Waals surface area contributed by atoms with Crippen LogP contribution in [-0.4, -0.2) is 34.9 Å². The van der Waals surface area contributed by atoms with E-state index in [4.69, 9.17) is 21.1 Å². The van der Waals surface area contributed by atoms with Gasteiger partial charge in [0.1, 0.15) is 0 Å². The summed E-state index contributed by atoms with van der Waals surface area (Å²) < 4.78 is 12.0. The summed E-state index contributed by atoms with van der Waals surface area (Å²) in [5.74, 6) is -0.996. The highest BCUT2D eigenvalue weighted by atomic mass is 35.5. The first-order valence-corrected chi connectivity index (χ1v) is 9.24. The number of aromatic nitrogens is 2. The number of para-hydroxylation sites is 1. The highest BCUT2D eigenvalue weighted by Crippen LogP contribution is 2.22. The van der Waals surface area contributed by atoms with E-state index in [0.29, 0.717) is 10.7 Å². The molecule has 0 aliphatic heterocycles. The zero-order valence-electron chi connectivity index (χ0n) is 16.2. The molecular formula is C21H20ClN3O4. The molecule has 7 nitrogen and oxygen atoms in total. The Bertz CT molecular complexity index is 1030. The molecule has 8 heteroatoms. The van der Waals surface area contributed by atoms with Crippen LogP contribution in [0.5, 0.6) is 5.75 Å². The minimum Gasteiger partial charge on any atom is -0.493 e. The Kier molecular flexibility index (Phi) is 6.19. The summed E-state index contributed by atoms with van der Waals surface area (Å²) in [5, 5.41) is 7.44. The minimum atomic E-state index is -1.05. The van der Waals surface area contributed by atoms with Gasteiger partial charge in [-0.15, -0.1) is 0 Å². The molecule has 1 N–H and O–H groups in total. The van der Waals surface area contributed by atoms with Crippen LogP contribution in [0.1, 0.15) is 23.0 Å². The number of anilines is 1. The number of amides is 1. The topological polar surface area (TPSA) is 82.5 Å². The van der Waals surface area contributed by atoms with Crippen molar-refractivity contribution < 1.29 is 19.1 Å². The maximum absolute atomic E-state index is 12.6. The fourth-order valence-electron chi connectivity index (χ4n) is 2.60. The van der Waals surface area contributed by atoms with Gasteiger partial charge >= 0.3 is 5.97 Å². The Balaban J connectivity index is 1.73. The van der Waals surface area contributed by atoms with E-state index in [1.54, 1.807) is 24.4 Å². The van der Waals surface area contributed by atoms with E-state index in [-0.39, 0.29) is 11.4 Å². The van der Waals surface area contributed by atoms with Crippen molar-refractivity contribution in [3.05, 3.63) is 71.0 Å². The number of nitrogens with zero attached hydrogens (tertiary/aromatic N) is 2. The van der Waals surface area contributed by atoms with Gasteiger partial charge in [-0.3, -0.25) is 4.79 Å². The van der Waals surface area contributed by atoms with Gasteiger partial charge in [0.25, 0.3) is 5.91 Å². The van der Waals surface area contributed by atoms with E-state index >= 15 is 0 Å². The summed E-state index contributed by atoms with van der Waals surface area (Å²) in [6, 6.07) is 14.4. The highest BCUT2D eigenvalue weighted by Gasteiger charge is 2.25. The van der Waals surface area contributed by atoms with Crippen LogP contribution in [-0.2, 0) is 9.53 Å². The Morgan fingerprint density at radius 3 is 2.59 bits per heavy atom. The van der Waals surface area contributed by atoms with Crippen molar-refractivity contribution in [2.24, 2.45) is 0 Å². The fourth-order valence-corrected chi connectivity index (χ4v) is 2.77. The monoisotopic (exact) mass is 413 g/mol. The molecule has 3 rings (SSSR count). The number of carbonyl (C=O) groups excluding carboxylic acids is 2. The van der Waals surface area contributed by atoms with E-state index in [1.165, 1.54) is 18.7 Å². The van der Waals surface area contributed by atoms with Crippen molar-refractivity contribution in [3.63, 3.8) is 0 Å². The number of aryl methyl sites for hydroxylation is 1. The molecule has 0 radical (unpaired) electrons. The van der Waals surface area contributed by atoms with E-state index in [9.17, 15) is 9.59 Å². The Morgan fingerprint density at radius 1 is 1.17 bits per heavy atom. The van der Waals surface area contributed by atoms with Crippen molar-refractivity contribution in [2.75, 3.05) is 12.4 Å². The Labute approximate surface area is 173 Å². The molecule has 1 atom stereocenters. The third-order valence-corrected chi connectivity index (χ3v) is 4.46. The predicted molar refractivity (Wildman–Crippen MR) is 110 cm³/mol. The number of ether oxygens (including phenoxy) is 2. The zero-order valence-corrected chi connectivity index (χ0v) is 16.9. The first-order chi connectivity index (χ1) is 13.9. The summed E-state index contributed by atoms with van der Waals surface area (Å²) in [4.78, 5) is 25.0. The molecule has 1 amide bonds. The maximum atomic E-state index is 12.6. The summed E-state index contributed by atoms with van der Waals surface area (Å²) in [5.41, 5.74) is 2.13. The van der Waals surface area contributed by atoms with Gasteiger partial charge in [0.2, 0.25) is 5.69 Å². The number of rotatable bonds is 6. The lowest BCUT2D eigenvalue weighted by molar-refractivity contribution is -0.123. The summed E-state index contributed by atoms with van der Waals surface area (Å²) in [6.45, 7) is 3.32. The van der Waals surface area contributed by atoms with Gasteiger partial charge in [-0.25, -0.2) is 9.48 Å². The Hall–Kier alpha value is -3.32. The molecule has 29 heavy (non-hydrogen) atoms. The molecule has 0 spiro atoms. The number of hydrogen-bond donors (Lipinski definition) is 1. The van der Waals surface area contributed by atoms with Crippen LogP contribution >= 0.6 is 11.6 Å². The predicted octanol–water partition coefficient (Wildman–Crippen LogP) is 4.03. The average molecular weight is 414 g/mol. The quantitative estimate of drug-likeness (QED) is 0.617. The molecule has 1 heterocycles. The van der Waals surface area contributed by atoms with Gasteiger partial charge < -0.3 is 14.8 Å². The average Bonchev–Trinajstić information content (AvgIpc) is 3.16. The second kappa shape index (κ2) is 8.79. The third-order valence-electron chi connectivity index (χ3n) is 4.23. The Morgan fingerprint density at radius 2 is 1.90 bits per heavy atom. The molecule has 0 saturated heterocycles. The molecule has 0 saturated carbocycles. The van der Waals surface area contributed by atoms with E-state index < -0.39 is 18.0 Å². The first-order valence-electron chi connectivity index (χ1n) is 8.86. The highest BCUT2D eigenvalue weighted by molar-refractivity contribution is 6.31. The molecule has 150 valence electrons. The molecule has 2 aromatic carbocycles. The second-order valence-electron chi connectivity index (χ2n) is 6.32. The van der Waals surface area contributed by atoms with E-state index in [2.05, 4.69) is 10.4 Å². The molecule has 0 aliphatic carbocycles. The third kappa shape index (κ3) is 4.75. The normalized spacial score (nSPS) is 11.6. The maximum Gasteiger partial charge on any atom is 0.363 e. The van der Waals surface area contributed by atoms with Gasteiger partial charge in [0.15, 0.2) is 11.9 Å². The lowest BCUT2D eigenvalue weighted by Crippen LogP contribution is -2.30. The molecule has 3 aromatic rings. The van der Waals surface area contributed by atoms with Crippen molar-refractivity contribution in [1.82, 2.24) is 9.78 Å².